The lowest BCUT2D eigenvalue weighted by Crippen LogP contribution is -1.56. The molecule has 0 radical (unpaired) electrons. The summed E-state index contributed by atoms with van der Waals surface area (Å²) in [6.45, 7) is 0. The third-order valence-corrected chi connectivity index (χ3v) is 3.78. The molecule has 5 aromatic rings. The van der Waals surface area contributed by atoms with E-state index in [9.17, 15) is 0 Å². The normalized spacial score (nSPS) is 8.57. The Morgan fingerprint density at radius 2 is 0.314 bits per heavy atom. The molecule has 0 bridgehead atoms. The Morgan fingerprint density at radius 3 is 0.371 bits per heavy atom. The molecule has 0 aromatic heterocycles. The molecule has 0 aliphatic carbocycles. The predicted octanol–water partition coefficient (Wildman–Crippen LogP) is 6.96. The van der Waals surface area contributed by atoms with Crippen molar-refractivity contribution in [2.75, 3.05) is 0 Å². The Hall–Kier alpha value is -4.90. The average Bonchev–Trinajstić information content (AvgIpc) is 2.88. The summed E-state index contributed by atoms with van der Waals surface area (Å²) in [7, 11) is 0. The molecular weight excluding hydrogens is 440 g/mol. The van der Waals surface area contributed by atoms with Crippen LogP contribution in [0.15, 0.2) is 152 Å². The fourth-order valence-electron chi connectivity index (χ4n) is 2.14. The van der Waals surface area contributed by atoms with E-state index < -0.39 is 0 Å². The Labute approximate surface area is 206 Å². The van der Waals surface area contributed by atoms with Crippen molar-refractivity contribution < 1.29 is 25.5 Å². The van der Waals surface area contributed by atoms with Crippen molar-refractivity contribution in [1.82, 2.24) is 0 Å². The molecule has 0 fully saturated rings. The van der Waals surface area contributed by atoms with Crippen LogP contribution in [0.2, 0.25) is 0 Å². The molecule has 35 heavy (non-hydrogen) atoms. The molecule has 0 aliphatic heterocycles. The van der Waals surface area contributed by atoms with Crippen LogP contribution < -0.4 is 0 Å². The van der Waals surface area contributed by atoms with Gasteiger partial charge in [-0.15, -0.1) is 0 Å². The van der Waals surface area contributed by atoms with E-state index in [0.717, 1.165) is 0 Å². The van der Waals surface area contributed by atoms with Crippen LogP contribution in [0.25, 0.3) is 0 Å². The molecule has 0 spiro atoms. The van der Waals surface area contributed by atoms with Crippen LogP contribution in [0.5, 0.6) is 28.7 Å². The van der Waals surface area contributed by atoms with Gasteiger partial charge in [-0.25, -0.2) is 0 Å². The van der Waals surface area contributed by atoms with Crippen molar-refractivity contribution in [1.29, 1.82) is 0 Å². The van der Waals surface area contributed by atoms with E-state index >= 15 is 0 Å². The zero-order valence-electron chi connectivity index (χ0n) is 19.2. The molecule has 0 heterocycles. The first kappa shape index (κ1) is 28.1. The summed E-state index contributed by atoms with van der Waals surface area (Å²) in [6, 6.07) is 43.6. The third-order valence-electron chi connectivity index (χ3n) is 3.78. The van der Waals surface area contributed by atoms with Gasteiger partial charge in [-0.1, -0.05) is 91.0 Å². The van der Waals surface area contributed by atoms with Gasteiger partial charge < -0.3 is 25.5 Å². The highest BCUT2D eigenvalue weighted by molar-refractivity contribution is 5.20. The number of rotatable bonds is 0. The number of phenolic OH excluding ortho intramolecular Hbond substituents is 5. The SMILES string of the molecule is Oc1ccccc1.Oc1ccccc1.Oc1ccccc1.Oc1ccccc1.Oc1ccccc1. The highest BCUT2D eigenvalue weighted by Gasteiger charge is 1.77. The Morgan fingerprint density at radius 1 is 0.200 bits per heavy atom. The molecule has 5 heteroatoms. The number of aromatic hydroxyl groups is 5. The molecule has 5 aromatic carbocycles. The summed E-state index contributed by atoms with van der Waals surface area (Å²) >= 11 is 0. The summed E-state index contributed by atoms with van der Waals surface area (Å²) < 4.78 is 0. The Bertz CT molecular complexity index is 888. The van der Waals surface area contributed by atoms with Gasteiger partial charge in [0.1, 0.15) is 28.7 Å². The van der Waals surface area contributed by atoms with Crippen molar-refractivity contribution in [3.05, 3.63) is 152 Å². The zero-order valence-corrected chi connectivity index (χ0v) is 19.2. The average molecular weight is 471 g/mol. The maximum atomic E-state index is 8.63. The van der Waals surface area contributed by atoms with E-state index in [4.69, 9.17) is 25.5 Å². The van der Waals surface area contributed by atoms with Crippen molar-refractivity contribution in [2.24, 2.45) is 0 Å². The minimum Gasteiger partial charge on any atom is -0.508 e. The first-order valence-electron chi connectivity index (χ1n) is 10.7. The van der Waals surface area contributed by atoms with E-state index in [1.165, 1.54) is 0 Å². The predicted molar refractivity (Wildman–Crippen MR) is 141 cm³/mol. The quantitative estimate of drug-likeness (QED) is 0.168. The molecule has 0 saturated carbocycles. The third kappa shape index (κ3) is 17.3. The number of phenols is 5. The van der Waals surface area contributed by atoms with Gasteiger partial charge in [-0.05, 0) is 60.7 Å². The van der Waals surface area contributed by atoms with Crippen LogP contribution in [-0.4, -0.2) is 25.5 Å². The largest absolute Gasteiger partial charge is 0.508 e. The van der Waals surface area contributed by atoms with E-state index in [2.05, 4.69) is 0 Å². The lowest BCUT2D eigenvalue weighted by Gasteiger charge is -1.82. The highest BCUT2D eigenvalue weighted by atomic mass is 16.3. The molecule has 0 atom stereocenters. The van der Waals surface area contributed by atoms with Crippen LogP contribution in [0.3, 0.4) is 0 Å². The van der Waals surface area contributed by atoms with Gasteiger partial charge in [0.05, 0.1) is 0 Å². The maximum absolute atomic E-state index is 8.63. The molecular formula is C30H30O5. The first-order valence-corrected chi connectivity index (χ1v) is 10.7. The molecule has 0 saturated heterocycles. The Balaban J connectivity index is 0.000000219. The van der Waals surface area contributed by atoms with Crippen molar-refractivity contribution in [3.63, 3.8) is 0 Å². The Kier molecular flexibility index (Phi) is 15.0. The van der Waals surface area contributed by atoms with E-state index in [0.29, 0.717) is 28.7 Å². The lowest BCUT2D eigenvalue weighted by molar-refractivity contribution is 0.475. The standard InChI is InChI=1S/5C6H6O/c5*7-6-4-2-1-3-5-6/h5*1-5,7H. The van der Waals surface area contributed by atoms with Gasteiger partial charge in [0.2, 0.25) is 0 Å². The fourth-order valence-corrected chi connectivity index (χ4v) is 2.14. The maximum Gasteiger partial charge on any atom is 0.115 e. The topological polar surface area (TPSA) is 101 Å². The minimum atomic E-state index is 0.322. The number of hydrogen-bond donors (Lipinski definition) is 5. The number of benzene rings is 5. The molecule has 0 unspecified atom stereocenters. The highest BCUT2D eigenvalue weighted by Crippen LogP contribution is 2.05. The summed E-state index contributed by atoms with van der Waals surface area (Å²) in [5.41, 5.74) is 0. The molecule has 180 valence electrons. The van der Waals surface area contributed by atoms with E-state index in [1.54, 1.807) is 121 Å². The molecule has 0 amide bonds. The number of hydrogen-bond acceptors (Lipinski definition) is 5. The smallest absolute Gasteiger partial charge is 0.115 e. The molecule has 5 N–H and O–H groups in total. The van der Waals surface area contributed by atoms with Crippen LogP contribution >= 0.6 is 0 Å². The van der Waals surface area contributed by atoms with Crippen LogP contribution in [-0.2, 0) is 0 Å². The van der Waals surface area contributed by atoms with Crippen LogP contribution in [0.1, 0.15) is 0 Å². The van der Waals surface area contributed by atoms with Gasteiger partial charge in [0.25, 0.3) is 0 Å². The second kappa shape index (κ2) is 18.7. The fraction of sp³-hybridized carbons (Fsp3) is 0. The van der Waals surface area contributed by atoms with Crippen molar-refractivity contribution in [2.45, 2.75) is 0 Å². The van der Waals surface area contributed by atoms with Crippen molar-refractivity contribution >= 4 is 0 Å². The zero-order chi connectivity index (χ0) is 25.6. The van der Waals surface area contributed by atoms with Gasteiger partial charge in [0.15, 0.2) is 0 Å². The molecule has 5 nitrogen and oxygen atoms in total. The van der Waals surface area contributed by atoms with Gasteiger partial charge in [-0.3, -0.25) is 0 Å². The minimum absolute atomic E-state index is 0.322. The van der Waals surface area contributed by atoms with Crippen LogP contribution in [0.4, 0.5) is 0 Å². The monoisotopic (exact) mass is 470 g/mol. The van der Waals surface area contributed by atoms with Gasteiger partial charge in [-0.2, -0.15) is 0 Å². The molecule has 0 aliphatic rings. The van der Waals surface area contributed by atoms with Gasteiger partial charge in [0, 0.05) is 0 Å². The summed E-state index contributed by atoms with van der Waals surface area (Å²) in [4.78, 5) is 0. The number of para-hydroxylation sites is 5. The van der Waals surface area contributed by atoms with Crippen molar-refractivity contribution in [3.8, 4) is 28.7 Å². The molecule has 5 rings (SSSR count). The van der Waals surface area contributed by atoms with E-state index in [1.807, 2.05) is 30.3 Å². The first-order chi connectivity index (χ1) is 17.0. The van der Waals surface area contributed by atoms with Crippen LogP contribution in [0, 0.1) is 0 Å². The summed E-state index contributed by atoms with van der Waals surface area (Å²) in [5, 5.41) is 43.2. The lowest BCUT2D eigenvalue weighted by atomic mass is 10.3. The van der Waals surface area contributed by atoms with Gasteiger partial charge >= 0.3 is 0 Å². The summed E-state index contributed by atoms with van der Waals surface area (Å²) in [5.74, 6) is 1.61. The second-order valence-corrected chi connectivity index (χ2v) is 6.68. The van der Waals surface area contributed by atoms with E-state index in [-0.39, 0.29) is 0 Å². The second-order valence-electron chi connectivity index (χ2n) is 6.68. The summed E-state index contributed by atoms with van der Waals surface area (Å²) in [6.07, 6.45) is 0.